The first kappa shape index (κ1) is 20.8. The molecule has 27 heavy (non-hydrogen) atoms. The molecule has 0 aliphatic carbocycles. The lowest BCUT2D eigenvalue weighted by Crippen LogP contribution is -2.45. The number of nitrogens with one attached hydrogen (secondary N) is 1. The fourth-order valence-electron chi connectivity index (χ4n) is 2.50. The van der Waals surface area contributed by atoms with Crippen LogP contribution < -0.4 is 11.1 Å². The van der Waals surface area contributed by atoms with Gasteiger partial charge in [-0.15, -0.1) is 11.8 Å². The normalized spacial score (nSPS) is 12.7. The lowest BCUT2D eigenvalue weighted by Gasteiger charge is -2.25. The summed E-state index contributed by atoms with van der Waals surface area (Å²) in [5, 5.41) is 2.31. The summed E-state index contributed by atoms with van der Waals surface area (Å²) in [6.07, 6.45) is -0.677. The highest BCUT2D eigenvalue weighted by molar-refractivity contribution is 7.99. The van der Waals surface area contributed by atoms with Crippen molar-refractivity contribution in [1.82, 2.24) is 5.32 Å². The maximum Gasteiger partial charge on any atom is 0.408 e. The molecular weight excluding hydrogens is 364 g/mol. The largest absolute Gasteiger partial charge is 0.467 e. The number of rotatable bonds is 9. The molecule has 0 saturated carbocycles. The molecule has 0 aromatic heterocycles. The molecule has 2 aromatic carbocycles. The van der Waals surface area contributed by atoms with E-state index in [1.807, 2.05) is 60.7 Å². The second-order valence-corrected chi connectivity index (χ2v) is 6.95. The molecular formula is C20H24N2O4S. The molecule has 1 amide bonds. The number of carbonyl (C=O) groups is 2. The monoisotopic (exact) mass is 388 g/mol. The van der Waals surface area contributed by atoms with Gasteiger partial charge in [0.15, 0.2) is 0 Å². The van der Waals surface area contributed by atoms with Crippen LogP contribution >= 0.6 is 11.8 Å². The third kappa shape index (κ3) is 6.62. The van der Waals surface area contributed by atoms with Crippen LogP contribution in [0.3, 0.4) is 0 Å². The van der Waals surface area contributed by atoms with Crippen LogP contribution in [-0.2, 0) is 20.9 Å². The molecule has 0 spiro atoms. The minimum atomic E-state index is -0.891. The first-order chi connectivity index (χ1) is 13.2. The van der Waals surface area contributed by atoms with Gasteiger partial charge in [-0.2, -0.15) is 0 Å². The number of hydrogen-bond acceptors (Lipinski definition) is 6. The number of esters is 1. The smallest absolute Gasteiger partial charge is 0.408 e. The number of benzene rings is 2. The highest BCUT2D eigenvalue weighted by atomic mass is 32.2. The first-order valence-electron chi connectivity index (χ1n) is 8.57. The van der Waals surface area contributed by atoms with Crippen LogP contribution in [0, 0.1) is 0 Å². The number of thioether (sulfide) groups is 1. The molecule has 2 atom stereocenters. The summed E-state index contributed by atoms with van der Waals surface area (Å²) in [5.74, 6) is 0.0957. The molecule has 3 N–H and O–H groups in total. The zero-order valence-electron chi connectivity index (χ0n) is 15.2. The van der Waals surface area contributed by atoms with Crippen molar-refractivity contribution in [3.63, 3.8) is 0 Å². The van der Waals surface area contributed by atoms with Gasteiger partial charge in [0, 0.05) is 12.3 Å². The summed E-state index contributed by atoms with van der Waals surface area (Å²) < 4.78 is 10.2. The van der Waals surface area contributed by atoms with Gasteiger partial charge >= 0.3 is 12.1 Å². The highest BCUT2D eigenvalue weighted by Crippen LogP contribution is 2.32. The Labute approximate surface area is 163 Å². The highest BCUT2D eigenvalue weighted by Gasteiger charge is 2.32. The van der Waals surface area contributed by atoms with Crippen molar-refractivity contribution in [2.75, 3.05) is 19.4 Å². The zero-order chi connectivity index (χ0) is 19.5. The van der Waals surface area contributed by atoms with Crippen molar-refractivity contribution < 1.29 is 19.1 Å². The molecule has 2 unspecified atom stereocenters. The van der Waals surface area contributed by atoms with Crippen molar-refractivity contribution in [2.24, 2.45) is 5.73 Å². The average molecular weight is 388 g/mol. The summed E-state index contributed by atoms with van der Waals surface area (Å²) >= 11 is 1.49. The molecule has 2 rings (SSSR count). The number of ether oxygens (including phenoxy) is 2. The molecule has 0 radical (unpaired) electrons. The van der Waals surface area contributed by atoms with Crippen LogP contribution in [0.2, 0.25) is 0 Å². The number of nitrogens with two attached hydrogens (primary N) is 1. The number of alkyl carbamates (subject to hydrolysis) is 1. The zero-order valence-corrected chi connectivity index (χ0v) is 16.0. The quantitative estimate of drug-likeness (QED) is 0.642. The molecule has 0 aliphatic heterocycles. The third-order valence-corrected chi connectivity index (χ3v) is 5.16. The van der Waals surface area contributed by atoms with Gasteiger partial charge in [0.1, 0.15) is 12.6 Å². The van der Waals surface area contributed by atoms with Crippen molar-refractivity contribution >= 4 is 23.8 Å². The van der Waals surface area contributed by atoms with E-state index in [1.54, 1.807) is 0 Å². The maximum absolute atomic E-state index is 12.4. The van der Waals surface area contributed by atoms with Crippen molar-refractivity contribution in [1.29, 1.82) is 0 Å². The second-order valence-electron chi connectivity index (χ2n) is 5.70. The molecule has 6 nitrogen and oxygen atoms in total. The fraction of sp³-hybridized carbons (Fsp3) is 0.300. The minimum absolute atomic E-state index is 0.118. The summed E-state index contributed by atoms with van der Waals surface area (Å²) in [6, 6.07) is 17.9. The standard InChI is InChI=1S/C20H24N2O4S/c1-25-19(23)17(18(27-13-12-21)16-10-6-3-7-11-16)22-20(24)26-14-15-8-4-2-5-9-15/h2-11,17-18H,12-14,21H2,1H3,(H,22,24). The van der Waals surface area contributed by atoms with E-state index in [2.05, 4.69) is 5.32 Å². The van der Waals surface area contributed by atoms with Gasteiger partial charge < -0.3 is 20.5 Å². The Balaban J connectivity index is 2.11. The van der Waals surface area contributed by atoms with E-state index < -0.39 is 18.1 Å². The van der Waals surface area contributed by atoms with Crippen molar-refractivity contribution in [2.45, 2.75) is 17.9 Å². The number of methoxy groups -OCH3 is 1. The number of hydrogen-bond donors (Lipinski definition) is 2. The van der Waals surface area contributed by atoms with Gasteiger partial charge in [-0.3, -0.25) is 0 Å². The Bertz CT molecular complexity index is 712. The van der Waals surface area contributed by atoms with E-state index in [9.17, 15) is 9.59 Å². The SMILES string of the molecule is COC(=O)C(NC(=O)OCc1ccccc1)C(SCCN)c1ccccc1. The Morgan fingerprint density at radius 2 is 1.70 bits per heavy atom. The van der Waals surface area contributed by atoms with E-state index >= 15 is 0 Å². The van der Waals surface area contributed by atoms with Crippen LogP contribution in [0.4, 0.5) is 4.79 Å². The van der Waals surface area contributed by atoms with Crippen molar-refractivity contribution in [3.05, 3.63) is 71.8 Å². The van der Waals surface area contributed by atoms with Gasteiger partial charge in [-0.1, -0.05) is 60.7 Å². The molecule has 2 aromatic rings. The average Bonchev–Trinajstić information content (AvgIpc) is 2.72. The van der Waals surface area contributed by atoms with Gasteiger partial charge in [0.05, 0.1) is 12.4 Å². The maximum atomic E-state index is 12.4. The molecule has 0 bridgehead atoms. The predicted octanol–water partition coefficient (Wildman–Crippen LogP) is 2.89. The van der Waals surface area contributed by atoms with Crippen molar-refractivity contribution in [3.8, 4) is 0 Å². The third-order valence-electron chi connectivity index (χ3n) is 3.79. The number of amides is 1. The second kappa shape index (κ2) is 11.3. The van der Waals surface area contributed by atoms with Crippen LogP contribution in [0.15, 0.2) is 60.7 Å². The van der Waals surface area contributed by atoms with E-state index in [4.69, 9.17) is 15.2 Å². The van der Waals surface area contributed by atoms with E-state index in [-0.39, 0.29) is 11.9 Å². The Morgan fingerprint density at radius 1 is 1.07 bits per heavy atom. The van der Waals surface area contributed by atoms with E-state index in [0.717, 1.165) is 11.1 Å². The summed E-state index contributed by atoms with van der Waals surface area (Å²) in [5.41, 5.74) is 7.39. The van der Waals surface area contributed by atoms with Crippen LogP contribution in [0.5, 0.6) is 0 Å². The molecule has 0 fully saturated rings. The molecule has 7 heteroatoms. The van der Waals surface area contributed by atoms with E-state index in [0.29, 0.717) is 12.3 Å². The Kier molecular flexibility index (Phi) is 8.67. The molecule has 0 aliphatic rings. The number of carbonyl (C=O) groups excluding carboxylic acids is 2. The van der Waals surface area contributed by atoms with E-state index in [1.165, 1.54) is 18.9 Å². The predicted molar refractivity (Wildman–Crippen MR) is 106 cm³/mol. The van der Waals surface area contributed by atoms with Gasteiger partial charge in [-0.05, 0) is 11.1 Å². The fourth-order valence-corrected chi connectivity index (χ4v) is 3.61. The van der Waals surface area contributed by atoms with Gasteiger partial charge in [0.25, 0.3) is 0 Å². The Hall–Kier alpha value is -2.51. The molecule has 0 heterocycles. The van der Waals surface area contributed by atoms with Crippen LogP contribution in [-0.4, -0.2) is 37.5 Å². The summed E-state index contributed by atoms with van der Waals surface area (Å²) in [6.45, 7) is 0.576. The lowest BCUT2D eigenvalue weighted by atomic mass is 10.1. The van der Waals surface area contributed by atoms with Gasteiger partial charge in [-0.25, -0.2) is 9.59 Å². The van der Waals surface area contributed by atoms with Crippen LogP contribution in [0.1, 0.15) is 16.4 Å². The first-order valence-corrected chi connectivity index (χ1v) is 9.62. The molecule has 144 valence electrons. The minimum Gasteiger partial charge on any atom is -0.467 e. The Morgan fingerprint density at radius 3 is 2.30 bits per heavy atom. The van der Waals surface area contributed by atoms with Crippen LogP contribution in [0.25, 0.3) is 0 Å². The van der Waals surface area contributed by atoms with Gasteiger partial charge in [0.2, 0.25) is 0 Å². The summed E-state index contributed by atoms with van der Waals surface area (Å²) in [7, 11) is 1.29. The lowest BCUT2D eigenvalue weighted by molar-refractivity contribution is -0.143. The molecule has 0 saturated heterocycles. The topological polar surface area (TPSA) is 90.6 Å². The summed E-state index contributed by atoms with van der Waals surface area (Å²) in [4.78, 5) is 24.6.